The molecule has 3 aromatic rings. The molecule has 2 fully saturated rings. The third-order valence-corrected chi connectivity index (χ3v) is 9.25. The number of urea groups is 1. The van der Waals surface area contributed by atoms with Crippen molar-refractivity contribution in [3.63, 3.8) is 0 Å². The lowest BCUT2D eigenvalue weighted by Gasteiger charge is -2.50. The van der Waals surface area contributed by atoms with Crippen LogP contribution in [0.5, 0.6) is 5.75 Å². The molecule has 3 aliphatic carbocycles. The number of aromatic hydroxyl groups is 1. The minimum atomic E-state index is -0.239. The molecule has 0 bridgehead atoms. The van der Waals surface area contributed by atoms with Crippen LogP contribution in [0.25, 0.3) is 0 Å². The zero-order valence-corrected chi connectivity index (χ0v) is 23.4. The van der Waals surface area contributed by atoms with Crippen molar-refractivity contribution in [2.45, 2.75) is 70.8 Å². The standard InChI is InChI=1S/C21H28O3.C13H12N2O/c1-3-20(23)24-19-9-8-18-17-6-4-13-12-14(22)5-7-15(13)16(17)10-11-21(18,19)2;16-13(14-11-7-3-1-4-8-11)15-12-9-5-2-6-10-12/h5,7,12,16-19,22H,3-4,6,8-11H2,1-2H3;1-10H,(H2,14,15,16). The number of hydrogen-bond acceptors (Lipinski definition) is 4. The van der Waals surface area contributed by atoms with Gasteiger partial charge >= 0.3 is 12.0 Å². The Morgan fingerprint density at radius 1 is 0.900 bits per heavy atom. The van der Waals surface area contributed by atoms with Gasteiger partial charge in [0.2, 0.25) is 0 Å². The fraction of sp³-hybridized carbons (Fsp3) is 0.412. The van der Waals surface area contributed by atoms with E-state index >= 15 is 0 Å². The summed E-state index contributed by atoms with van der Waals surface area (Å²) >= 11 is 0. The maximum Gasteiger partial charge on any atom is 0.323 e. The molecule has 6 nitrogen and oxygen atoms in total. The van der Waals surface area contributed by atoms with Crippen molar-refractivity contribution in [1.82, 2.24) is 0 Å². The van der Waals surface area contributed by atoms with Crippen molar-refractivity contribution in [3.8, 4) is 5.75 Å². The number of hydrogen-bond donors (Lipinski definition) is 3. The fourth-order valence-electron chi connectivity index (χ4n) is 7.29. The molecule has 5 unspecified atom stereocenters. The van der Waals surface area contributed by atoms with Gasteiger partial charge in [-0.1, -0.05) is 56.3 Å². The molecule has 2 saturated carbocycles. The summed E-state index contributed by atoms with van der Waals surface area (Å²) in [6.45, 7) is 4.24. The molecule has 3 aromatic carbocycles. The first-order valence-electron chi connectivity index (χ1n) is 14.6. The van der Waals surface area contributed by atoms with Crippen LogP contribution in [0.3, 0.4) is 0 Å². The van der Waals surface area contributed by atoms with E-state index in [4.69, 9.17) is 4.74 Å². The highest BCUT2D eigenvalue weighted by molar-refractivity contribution is 5.99. The number of carbonyl (C=O) groups is 2. The second-order valence-corrected chi connectivity index (χ2v) is 11.6. The van der Waals surface area contributed by atoms with Gasteiger partial charge in [-0.2, -0.15) is 0 Å². The molecule has 0 aliphatic heterocycles. The number of para-hydroxylation sites is 2. The number of phenols is 1. The van der Waals surface area contributed by atoms with Gasteiger partial charge in [0, 0.05) is 23.2 Å². The first-order chi connectivity index (χ1) is 19.4. The molecule has 3 aliphatic rings. The van der Waals surface area contributed by atoms with Crippen LogP contribution in [0.2, 0.25) is 0 Å². The third-order valence-electron chi connectivity index (χ3n) is 9.25. The number of amides is 2. The van der Waals surface area contributed by atoms with E-state index in [1.165, 1.54) is 30.4 Å². The van der Waals surface area contributed by atoms with Gasteiger partial charge < -0.3 is 20.5 Å². The minimum absolute atomic E-state index is 0.0477. The van der Waals surface area contributed by atoms with Crippen molar-refractivity contribution in [1.29, 1.82) is 0 Å². The van der Waals surface area contributed by atoms with Gasteiger partial charge in [-0.15, -0.1) is 0 Å². The number of anilines is 2. The maximum atomic E-state index is 11.8. The summed E-state index contributed by atoms with van der Waals surface area (Å²) in [4.78, 5) is 23.4. The summed E-state index contributed by atoms with van der Waals surface area (Å²) in [7, 11) is 0. The highest BCUT2D eigenvalue weighted by Crippen LogP contribution is 2.61. The van der Waals surface area contributed by atoms with Crippen LogP contribution >= 0.6 is 0 Å². The number of fused-ring (bicyclic) bond motifs is 5. The Hall–Kier alpha value is -3.80. The predicted octanol–water partition coefficient (Wildman–Crippen LogP) is 7.90. The molecule has 0 radical (unpaired) electrons. The highest BCUT2D eigenvalue weighted by Gasteiger charge is 2.56. The van der Waals surface area contributed by atoms with Gasteiger partial charge in [0.1, 0.15) is 11.9 Å². The zero-order valence-electron chi connectivity index (χ0n) is 23.4. The smallest absolute Gasteiger partial charge is 0.323 e. The normalized spacial score (nSPS) is 26.1. The van der Waals surface area contributed by atoms with Gasteiger partial charge in [0.05, 0.1) is 0 Å². The Balaban J connectivity index is 0.000000176. The quantitative estimate of drug-likeness (QED) is 0.294. The van der Waals surface area contributed by atoms with Crippen LogP contribution in [0, 0.1) is 17.3 Å². The third kappa shape index (κ3) is 6.01. The largest absolute Gasteiger partial charge is 0.508 e. The Labute approximate surface area is 237 Å². The molecule has 210 valence electrons. The van der Waals surface area contributed by atoms with Crippen LogP contribution in [0.1, 0.15) is 69.4 Å². The van der Waals surface area contributed by atoms with Crippen molar-refractivity contribution in [2.75, 3.05) is 10.6 Å². The first kappa shape index (κ1) is 27.8. The van der Waals surface area contributed by atoms with E-state index in [1.54, 1.807) is 0 Å². The SMILES string of the molecule is CCC(=O)OC1CCC2C3CCc4cc(O)ccc4C3CCC12C.O=C(Nc1ccccc1)Nc1ccccc1. The summed E-state index contributed by atoms with van der Waals surface area (Å²) in [5.41, 5.74) is 4.50. The van der Waals surface area contributed by atoms with Crippen LogP contribution in [-0.2, 0) is 16.0 Å². The second kappa shape index (κ2) is 12.2. The Morgan fingerprint density at radius 2 is 1.55 bits per heavy atom. The minimum Gasteiger partial charge on any atom is -0.508 e. The van der Waals surface area contributed by atoms with Crippen molar-refractivity contribution >= 4 is 23.4 Å². The monoisotopic (exact) mass is 540 g/mol. The van der Waals surface area contributed by atoms with Gasteiger partial charge in [-0.25, -0.2) is 4.79 Å². The van der Waals surface area contributed by atoms with Gasteiger partial charge in [-0.05, 0) is 104 Å². The first-order valence-corrected chi connectivity index (χ1v) is 14.6. The number of rotatable bonds is 4. The summed E-state index contributed by atoms with van der Waals surface area (Å²) in [6.07, 6.45) is 7.38. The van der Waals surface area contributed by atoms with E-state index in [9.17, 15) is 14.7 Å². The molecule has 0 heterocycles. The van der Waals surface area contributed by atoms with Crippen molar-refractivity contribution in [3.05, 3.63) is 90.0 Å². The molecule has 40 heavy (non-hydrogen) atoms. The highest BCUT2D eigenvalue weighted by atomic mass is 16.5. The number of ether oxygens (including phenoxy) is 1. The molecular weight excluding hydrogens is 500 g/mol. The van der Waals surface area contributed by atoms with E-state index < -0.39 is 0 Å². The average Bonchev–Trinajstić information content (AvgIpc) is 3.29. The summed E-state index contributed by atoms with van der Waals surface area (Å²) in [6, 6.07) is 24.4. The molecule has 0 saturated heterocycles. The van der Waals surface area contributed by atoms with Crippen LogP contribution in [0.15, 0.2) is 78.9 Å². The fourth-order valence-corrected chi connectivity index (χ4v) is 7.29. The second-order valence-electron chi connectivity index (χ2n) is 11.6. The molecule has 0 aromatic heterocycles. The van der Waals surface area contributed by atoms with E-state index in [1.807, 2.05) is 79.7 Å². The summed E-state index contributed by atoms with van der Waals surface area (Å²) < 4.78 is 5.83. The molecular formula is C34H40N2O4. The molecule has 6 rings (SSSR count). The predicted molar refractivity (Wildman–Crippen MR) is 158 cm³/mol. The van der Waals surface area contributed by atoms with Crippen LogP contribution in [-0.4, -0.2) is 23.2 Å². The van der Waals surface area contributed by atoms with Crippen LogP contribution in [0.4, 0.5) is 16.2 Å². The lowest BCUT2D eigenvalue weighted by atomic mass is 9.55. The number of esters is 1. The van der Waals surface area contributed by atoms with Gasteiger partial charge in [0.25, 0.3) is 0 Å². The number of carbonyl (C=O) groups excluding carboxylic acids is 2. The summed E-state index contributed by atoms with van der Waals surface area (Å²) in [5.74, 6) is 2.32. The molecule has 6 heteroatoms. The topological polar surface area (TPSA) is 87.7 Å². The lowest BCUT2D eigenvalue weighted by Crippen LogP contribution is -2.45. The number of phenolic OH excluding ortho intramolecular Hbond substituents is 1. The number of benzene rings is 3. The van der Waals surface area contributed by atoms with E-state index in [0.29, 0.717) is 29.9 Å². The Morgan fingerprint density at radius 3 is 2.17 bits per heavy atom. The lowest BCUT2D eigenvalue weighted by molar-refractivity contribution is -0.157. The molecule has 3 N–H and O–H groups in total. The van der Waals surface area contributed by atoms with E-state index in [-0.39, 0.29) is 23.5 Å². The summed E-state index contributed by atoms with van der Waals surface area (Å²) in [5, 5.41) is 15.2. The maximum absolute atomic E-state index is 11.8. The Kier molecular flexibility index (Phi) is 8.43. The van der Waals surface area contributed by atoms with Crippen molar-refractivity contribution < 1.29 is 19.4 Å². The molecule has 5 atom stereocenters. The zero-order chi connectivity index (χ0) is 28.1. The van der Waals surface area contributed by atoms with E-state index in [0.717, 1.165) is 30.6 Å². The average molecular weight is 541 g/mol. The van der Waals surface area contributed by atoms with Gasteiger partial charge in [0.15, 0.2) is 0 Å². The van der Waals surface area contributed by atoms with E-state index in [2.05, 4.69) is 23.6 Å². The molecule has 0 spiro atoms. The number of aryl methyl sites for hydroxylation is 1. The molecule has 2 amide bonds. The van der Waals surface area contributed by atoms with Crippen LogP contribution < -0.4 is 10.6 Å². The van der Waals surface area contributed by atoms with Crippen molar-refractivity contribution in [2.24, 2.45) is 17.3 Å². The Bertz CT molecular complexity index is 1270. The number of nitrogens with one attached hydrogen (secondary N) is 2. The van der Waals surface area contributed by atoms with Gasteiger partial charge in [-0.3, -0.25) is 4.79 Å².